The first-order valence-electron chi connectivity index (χ1n) is 8.21. The van der Waals surface area contributed by atoms with Gasteiger partial charge in [0.1, 0.15) is 11.9 Å². The van der Waals surface area contributed by atoms with Gasteiger partial charge in [0, 0.05) is 19.5 Å². The van der Waals surface area contributed by atoms with Crippen LogP contribution in [0.25, 0.3) is 0 Å². The average molecular weight is 409 g/mol. The van der Waals surface area contributed by atoms with Crippen LogP contribution in [-0.2, 0) is 15.6 Å². The van der Waals surface area contributed by atoms with Crippen LogP contribution in [0.4, 0.5) is 0 Å². The number of rotatable bonds is 8. The maximum atomic E-state index is 11.3. The van der Waals surface area contributed by atoms with Crippen LogP contribution in [-0.4, -0.2) is 60.9 Å². The number of hydrogen-bond donors (Lipinski definition) is 5. The largest absolute Gasteiger partial charge is 0.490 e. The Morgan fingerprint density at radius 1 is 1.15 bits per heavy atom. The quantitative estimate of drug-likeness (QED) is 0.398. The van der Waals surface area contributed by atoms with Crippen molar-refractivity contribution < 1.29 is 38.5 Å². The summed E-state index contributed by atoms with van der Waals surface area (Å²) in [4.78, 5) is 38.2. The number of nitrogens with zero attached hydrogens (tertiary/aromatic N) is 1. The monoisotopic (exact) mass is 409 g/mol. The summed E-state index contributed by atoms with van der Waals surface area (Å²) >= 11 is 0. The SMILES string of the molecule is CN(CCC1CCc2ccccc2O1)CCC(O)(P(=O)(O)O)P(=O)(O)O. The standard InChI is InChI=1S/C15H25NO8P2/c1-16(11-9-15(17,25(18,19)20)26(21,22)23)10-8-13-7-6-12-4-2-3-5-14(12)24-13/h2-5,13,17H,6-11H2,1H3,(H2,18,19,20)(H2,21,22,23). The lowest BCUT2D eigenvalue weighted by atomic mass is 10.0. The topological polar surface area (TPSA) is 148 Å². The molecule has 0 bridgehead atoms. The van der Waals surface area contributed by atoms with Gasteiger partial charge in [-0.05, 0) is 37.9 Å². The summed E-state index contributed by atoms with van der Waals surface area (Å²) in [7, 11) is -9.16. The molecule has 1 aliphatic rings. The van der Waals surface area contributed by atoms with Gasteiger partial charge in [0.2, 0.25) is 0 Å². The van der Waals surface area contributed by atoms with Gasteiger partial charge in [-0.2, -0.15) is 0 Å². The van der Waals surface area contributed by atoms with Crippen LogP contribution in [0.3, 0.4) is 0 Å². The second-order valence-corrected chi connectivity index (χ2v) is 10.6. The molecule has 1 aliphatic heterocycles. The molecule has 26 heavy (non-hydrogen) atoms. The molecule has 0 spiro atoms. The minimum atomic E-state index is -5.41. The van der Waals surface area contributed by atoms with E-state index in [0.29, 0.717) is 13.0 Å². The molecule has 148 valence electrons. The van der Waals surface area contributed by atoms with Crippen molar-refractivity contribution in [2.75, 3.05) is 20.1 Å². The number of hydrogen-bond acceptors (Lipinski definition) is 5. The van der Waals surface area contributed by atoms with Gasteiger partial charge in [0.15, 0.2) is 0 Å². The molecule has 0 aromatic heterocycles. The van der Waals surface area contributed by atoms with E-state index in [9.17, 15) is 14.2 Å². The molecule has 0 saturated heterocycles. The molecule has 2 rings (SSSR count). The van der Waals surface area contributed by atoms with Gasteiger partial charge in [-0.25, -0.2) is 0 Å². The highest BCUT2D eigenvalue weighted by Gasteiger charge is 2.58. The molecule has 1 aromatic rings. The van der Waals surface area contributed by atoms with Gasteiger partial charge in [0.25, 0.3) is 5.08 Å². The third-order valence-corrected chi connectivity index (χ3v) is 8.47. The molecular weight excluding hydrogens is 384 g/mol. The molecule has 1 aromatic carbocycles. The highest BCUT2D eigenvalue weighted by Crippen LogP contribution is 2.68. The minimum Gasteiger partial charge on any atom is -0.490 e. The number of ether oxygens (including phenoxy) is 1. The lowest BCUT2D eigenvalue weighted by Crippen LogP contribution is -2.35. The summed E-state index contributed by atoms with van der Waals surface area (Å²) in [6, 6.07) is 7.78. The Morgan fingerprint density at radius 3 is 2.38 bits per heavy atom. The Hall–Kier alpha value is -0.760. The van der Waals surface area contributed by atoms with Crippen LogP contribution in [0, 0.1) is 0 Å². The zero-order chi connectivity index (χ0) is 19.6. The summed E-state index contributed by atoms with van der Waals surface area (Å²) in [5, 5.41) is 6.52. The Morgan fingerprint density at radius 2 is 1.77 bits per heavy atom. The molecule has 1 atom stereocenters. The van der Waals surface area contributed by atoms with Gasteiger partial charge < -0.3 is 34.3 Å². The molecule has 0 aliphatic carbocycles. The van der Waals surface area contributed by atoms with E-state index >= 15 is 0 Å². The van der Waals surface area contributed by atoms with Gasteiger partial charge in [-0.1, -0.05) is 18.2 Å². The maximum Gasteiger partial charge on any atom is 0.369 e. The molecule has 0 fully saturated rings. The van der Waals surface area contributed by atoms with Crippen molar-refractivity contribution in [2.45, 2.75) is 36.9 Å². The molecule has 1 unspecified atom stereocenters. The van der Waals surface area contributed by atoms with Crippen molar-refractivity contribution in [2.24, 2.45) is 0 Å². The predicted octanol–water partition coefficient (Wildman–Crippen LogP) is 1.09. The second-order valence-electron chi connectivity index (χ2n) is 6.59. The maximum absolute atomic E-state index is 11.3. The summed E-state index contributed by atoms with van der Waals surface area (Å²) in [6.45, 7) is 0.404. The average Bonchev–Trinajstić information content (AvgIpc) is 2.55. The highest BCUT2D eigenvalue weighted by molar-refractivity contribution is 7.72. The Balaban J connectivity index is 1.87. The minimum absolute atomic E-state index is 0.00482. The molecule has 0 amide bonds. The van der Waals surface area contributed by atoms with Crippen molar-refractivity contribution in [1.29, 1.82) is 0 Å². The van der Waals surface area contributed by atoms with E-state index < -0.39 is 26.7 Å². The fourth-order valence-corrected chi connectivity index (χ4v) is 5.00. The zero-order valence-electron chi connectivity index (χ0n) is 14.4. The fourth-order valence-electron chi connectivity index (χ4n) is 2.86. The van der Waals surface area contributed by atoms with Crippen LogP contribution < -0.4 is 4.74 Å². The molecule has 11 heteroatoms. The van der Waals surface area contributed by atoms with Crippen molar-refractivity contribution in [3.05, 3.63) is 29.8 Å². The fraction of sp³-hybridized carbons (Fsp3) is 0.600. The van der Waals surface area contributed by atoms with E-state index in [1.807, 2.05) is 24.3 Å². The van der Waals surface area contributed by atoms with Crippen LogP contribution in [0.2, 0.25) is 0 Å². The molecule has 9 nitrogen and oxygen atoms in total. The van der Waals surface area contributed by atoms with E-state index in [0.717, 1.165) is 24.2 Å². The van der Waals surface area contributed by atoms with E-state index in [1.54, 1.807) is 11.9 Å². The third kappa shape index (κ3) is 4.94. The lowest BCUT2D eigenvalue weighted by Gasteiger charge is -2.31. The lowest BCUT2D eigenvalue weighted by molar-refractivity contribution is 0.106. The van der Waals surface area contributed by atoms with Crippen molar-refractivity contribution in [3.8, 4) is 5.75 Å². The smallest absolute Gasteiger partial charge is 0.369 e. The van der Waals surface area contributed by atoms with E-state index in [-0.39, 0.29) is 12.6 Å². The van der Waals surface area contributed by atoms with Crippen LogP contribution in [0.1, 0.15) is 24.8 Å². The molecule has 0 radical (unpaired) electrons. The van der Waals surface area contributed by atoms with Crippen LogP contribution >= 0.6 is 15.2 Å². The normalized spacial score (nSPS) is 18.5. The first-order chi connectivity index (χ1) is 11.9. The predicted molar refractivity (Wildman–Crippen MR) is 94.9 cm³/mol. The van der Waals surface area contributed by atoms with Crippen molar-refractivity contribution in [1.82, 2.24) is 4.90 Å². The van der Waals surface area contributed by atoms with Gasteiger partial charge in [-0.15, -0.1) is 0 Å². The first kappa shape index (κ1) is 21.5. The highest BCUT2D eigenvalue weighted by atomic mass is 31.2. The van der Waals surface area contributed by atoms with Gasteiger partial charge >= 0.3 is 15.2 Å². The Bertz CT molecular complexity index is 693. The second kappa shape index (κ2) is 8.09. The Labute approximate surface area is 151 Å². The van der Waals surface area contributed by atoms with Gasteiger partial charge in [0.05, 0.1) is 0 Å². The van der Waals surface area contributed by atoms with Crippen molar-refractivity contribution in [3.63, 3.8) is 0 Å². The number of para-hydroxylation sites is 1. The van der Waals surface area contributed by atoms with Crippen LogP contribution in [0.15, 0.2) is 24.3 Å². The number of aliphatic hydroxyl groups is 1. The van der Waals surface area contributed by atoms with Crippen molar-refractivity contribution >= 4 is 15.2 Å². The zero-order valence-corrected chi connectivity index (χ0v) is 16.2. The number of benzene rings is 1. The van der Waals surface area contributed by atoms with E-state index in [4.69, 9.17) is 24.3 Å². The molecule has 5 N–H and O–H groups in total. The summed E-state index contributed by atoms with van der Waals surface area (Å²) in [5.74, 6) is 0.851. The number of fused-ring (bicyclic) bond motifs is 1. The summed E-state index contributed by atoms with van der Waals surface area (Å²) in [5.41, 5.74) is 1.16. The summed E-state index contributed by atoms with van der Waals surface area (Å²) < 4.78 is 28.6. The van der Waals surface area contributed by atoms with Gasteiger partial charge in [-0.3, -0.25) is 9.13 Å². The molecular formula is C15H25NO8P2. The Kier molecular flexibility index (Phi) is 6.70. The molecule has 1 heterocycles. The van der Waals surface area contributed by atoms with E-state index in [2.05, 4.69) is 0 Å². The summed E-state index contributed by atoms with van der Waals surface area (Å²) in [6.07, 6.45) is 1.65. The van der Waals surface area contributed by atoms with E-state index in [1.165, 1.54) is 0 Å². The number of aryl methyl sites for hydroxylation is 1. The third-order valence-electron chi connectivity index (χ3n) is 4.60. The van der Waals surface area contributed by atoms with Crippen LogP contribution in [0.5, 0.6) is 5.75 Å². The first-order valence-corrected chi connectivity index (χ1v) is 11.4. The molecule has 0 saturated carbocycles.